The highest BCUT2D eigenvalue weighted by molar-refractivity contribution is 9.10. The highest BCUT2D eigenvalue weighted by Crippen LogP contribution is 2.37. The van der Waals surface area contributed by atoms with Crippen LogP contribution in [0.4, 0.5) is 11.8 Å². The normalized spacial score (nSPS) is 11.9. The van der Waals surface area contributed by atoms with Crippen LogP contribution >= 0.6 is 31.9 Å². The molecule has 2 aromatic heterocycles. The van der Waals surface area contributed by atoms with Crippen LogP contribution in [0, 0.1) is 0 Å². The van der Waals surface area contributed by atoms with E-state index in [0.717, 1.165) is 4.47 Å². The first-order valence-electron chi connectivity index (χ1n) is 8.26. The molecule has 2 heterocycles. The zero-order valence-corrected chi connectivity index (χ0v) is 18.7. The zero-order valence-electron chi connectivity index (χ0n) is 15.5. The van der Waals surface area contributed by atoms with Gasteiger partial charge in [0.15, 0.2) is 0 Å². The summed E-state index contributed by atoms with van der Waals surface area (Å²) in [5, 5.41) is 50.1. The lowest BCUT2D eigenvalue weighted by atomic mass is 10.1. The Labute approximate surface area is 194 Å². The molecule has 3 aromatic rings. The standard InChI is InChI=1S/C16H14Br2N6O8/c17-6-3-1-5(2-4-6)7-9(19)21-13(20)24-12(7)31-15(27,28)16(29,30)32-14-22-10(25)8(18)11(26)23-14/h1-4,27-30H,(H4,19,20,21,24)(H2,22,23,25,26). The van der Waals surface area contributed by atoms with Crippen LogP contribution < -0.4 is 26.5 Å². The van der Waals surface area contributed by atoms with Gasteiger partial charge in [-0.1, -0.05) is 28.1 Å². The van der Waals surface area contributed by atoms with Crippen molar-refractivity contribution >= 4 is 43.6 Å². The van der Waals surface area contributed by atoms with Crippen LogP contribution in [0.15, 0.2) is 38.0 Å². The molecule has 10 N–H and O–H groups in total. The summed E-state index contributed by atoms with van der Waals surface area (Å²) in [7, 11) is 0. The van der Waals surface area contributed by atoms with E-state index < -0.39 is 41.2 Å². The number of aromatic amines is 1. The van der Waals surface area contributed by atoms with Crippen LogP contribution in [0.25, 0.3) is 11.1 Å². The van der Waals surface area contributed by atoms with Crippen molar-refractivity contribution in [3.63, 3.8) is 0 Å². The molecule has 3 rings (SSSR count). The third-order valence-electron chi connectivity index (χ3n) is 3.78. The van der Waals surface area contributed by atoms with E-state index >= 15 is 0 Å². The molecular weight excluding hydrogens is 564 g/mol. The van der Waals surface area contributed by atoms with Crippen LogP contribution in [0.3, 0.4) is 0 Å². The Balaban J connectivity index is 1.99. The maximum atomic E-state index is 11.6. The Morgan fingerprint density at radius 1 is 0.938 bits per heavy atom. The van der Waals surface area contributed by atoms with Crippen molar-refractivity contribution in [1.82, 2.24) is 19.9 Å². The Kier molecular flexibility index (Phi) is 6.27. The van der Waals surface area contributed by atoms with Crippen molar-refractivity contribution in [2.75, 3.05) is 11.5 Å². The monoisotopic (exact) mass is 576 g/mol. The number of hydrogen-bond acceptors (Lipinski definition) is 13. The number of nitrogen functional groups attached to an aromatic ring is 2. The molecule has 170 valence electrons. The predicted molar refractivity (Wildman–Crippen MR) is 114 cm³/mol. The number of nitrogens with zero attached hydrogens (tertiary/aromatic N) is 3. The molecule has 0 aliphatic heterocycles. The number of nitrogens with two attached hydrogens (primary N) is 2. The van der Waals surface area contributed by atoms with Gasteiger partial charge in [0, 0.05) is 4.47 Å². The number of anilines is 2. The Morgan fingerprint density at radius 2 is 1.53 bits per heavy atom. The molecule has 0 aliphatic rings. The number of hydrogen-bond donors (Lipinski definition) is 8. The molecule has 0 spiro atoms. The Morgan fingerprint density at radius 3 is 2.12 bits per heavy atom. The fourth-order valence-electron chi connectivity index (χ4n) is 2.31. The lowest BCUT2D eigenvalue weighted by Gasteiger charge is -2.32. The minimum atomic E-state index is -3.96. The van der Waals surface area contributed by atoms with Gasteiger partial charge >= 0.3 is 18.0 Å². The number of aromatic nitrogens is 4. The number of aromatic hydroxyl groups is 1. The molecule has 0 saturated heterocycles. The minimum absolute atomic E-state index is 0.0669. The van der Waals surface area contributed by atoms with E-state index in [1.54, 1.807) is 24.3 Å². The summed E-state index contributed by atoms with van der Waals surface area (Å²) in [6.45, 7) is 0. The lowest BCUT2D eigenvalue weighted by molar-refractivity contribution is -0.492. The molecule has 16 heteroatoms. The average Bonchev–Trinajstić information content (AvgIpc) is 2.66. The van der Waals surface area contributed by atoms with E-state index in [2.05, 4.69) is 51.5 Å². The van der Waals surface area contributed by atoms with Gasteiger partial charge < -0.3 is 46.5 Å². The van der Waals surface area contributed by atoms with E-state index in [1.165, 1.54) is 0 Å². The SMILES string of the molecule is Nc1nc(N)c(-c2ccc(Br)cc2)c(OC(O)(O)C(O)(O)Oc2nc(O)c(Br)c(=O)[nH]2)n1. The molecule has 14 nitrogen and oxygen atoms in total. The van der Waals surface area contributed by atoms with Gasteiger partial charge in [0.1, 0.15) is 10.3 Å². The lowest BCUT2D eigenvalue weighted by Crippen LogP contribution is -2.62. The molecule has 32 heavy (non-hydrogen) atoms. The van der Waals surface area contributed by atoms with Crippen molar-refractivity contribution in [3.8, 4) is 28.9 Å². The zero-order chi connectivity index (χ0) is 23.8. The first-order valence-corrected chi connectivity index (χ1v) is 9.84. The number of benzene rings is 1. The molecule has 1 aromatic carbocycles. The molecule has 0 radical (unpaired) electrons. The first-order chi connectivity index (χ1) is 14.8. The Bertz CT molecular complexity index is 1220. The molecule has 0 saturated carbocycles. The molecular formula is C16H14Br2N6O8. The van der Waals surface area contributed by atoms with Crippen molar-refractivity contribution in [3.05, 3.63) is 43.6 Å². The van der Waals surface area contributed by atoms with E-state index in [4.69, 9.17) is 16.2 Å². The largest absolute Gasteiger partial charge is 0.492 e. The van der Waals surface area contributed by atoms with Crippen LogP contribution in [0.2, 0.25) is 0 Å². The minimum Gasteiger partial charge on any atom is -0.492 e. The second kappa shape index (κ2) is 8.49. The quantitative estimate of drug-likeness (QED) is 0.170. The summed E-state index contributed by atoms with van der Waals surface area (Å²) >= 11 is 5.98. The smallest absolute Gasteiger partial charge is 0.424 e. The Hall–Kier alpha value is -3.02. The third kappa shape index (κ3) is 4.74. The first kappa shape index (κ1) is 23.6. The highest BCUT2D eigenvalue weighted by Gasteiger charge is 2.56. The molecule has 0 fully saturated rings. The number of ether oxygens (including phenoxy) is 2. The van der Waals surface area contributed by atoms with Gasteiger partial charge in [0.05, 0.1) is 5.56 Å². The van der Waals surface area contributed by atoms with Gasteiger partial charge in [0.2, 0.25) is 17.7 Å². The molecule has 0 bridgehead atoms. The van der Waals surface area contributed by atoms with Crippen molar-refractivity contribution in [2.45, 2.75) is 11.9 Å². The van der Waals surface area contributed by atoms with Gasteiger partial charge in [-0.05, 0) is 33.6 Å². The highest BCUT2D eigenvalue weighted by atomic mass is 79.9. The van der Waals surface area contributed by atoms with Crippen LogP contribution in [0.5, 0.6) is 17.8 Å². The van der Waals surface area contributed by atoms with Gasteiger partial charge in [-0.15, -0.1) is 0 Å². The average molecular weight is 578 g/mol. The summed E-state index contributed by atoms with van der Waals surface area (Å²) in [6, 6.07) is 5.38. The summed E-state index contributed by atoms with van der Waals surface area (Å²) in [5.41, 5.74) is 10.7. The molecule has 0 aliphatic carbocycles. The molecule has 0 atom stereocenters. The number of aliphatic hydroxyl groups is 4. The fraction of sp³-hybridized carbons (Fsp3) is 0.125. The summed E-state index contributed by atoms with van der Waals surface area (Å²) in [5.74, 6) is -10.1. The maximum Gasteiger partial charge on any atom is 0.424 e. The maximum absolute atomic E-state index is 11.6. The molecule has 0 unspecified atom stereocenters. The van der Waals surface area contributed by atoms with E-state index in [9.17, 15) is 30.3 Å². The molecule has 0 amide bonds. The van der Waals surface area contributed by atoms with Gasteiger partial charge in [-0.2, -0.15) is 15.0 Å². The fourth-order valence-corrected chi connectivity index (χ4v) is 2.77. The van der Waals surface area contributed by atoms with Crippen molar-refractivity contribution in [2.24, 2.45) is 0 Å². The van der Waals surface area contributed by atoms with Crippen LogP contribution in [-0.2, 0) is 0 Å². The van der Waals surface area contributed by atoms with E-state index in [0.29, 0.717) is 5.56 Å². The van der Waals surface area contributed by atoms with Crippen molar-refractivity contribution in [1.29, 1.82) is 0 Å². The topological polar surface area (TPSA) is 243 Å². The number of rotatable bonds is 6. The van der Waals surface area contributed by atoms with Crippen molar-refractivity contribution < 1.29 is 35.0 Å². The second-order valence-corrected chi connectivity index (χ2v) is 7.79. The third-order valence-corrected chi connectivity index (χ3v) is 5.02. The van der Waals surface area contributed by atoms with Gasteiger partial charge in [-0.3, -0.25) is 9.78 Å². The number of halogens is 2. The second-order valence-electron chi connectivity index (χ2n) is 6.08. The summed E-state index contributed by atoms with van der Waals surface area (Å²) in [4.78, 5) is 24.3. The summed E-state index contributed by atoms with van der Waals surface area (Å²) in [6.07, 6.45) is 0. The van der Waals surface area contributed by atoms with E-state index in [-0.39, 0.29) is 15.9 Å². The predicted octanol–water partition coefficient (Wildman–Crippen LogP) is -0.643. The van der Waals surface area contributed by atoms with E-state index in [1.807, 2.05) is 4.98 Å². The van der Waals surface area contributed by atoms with Crippen LogP contribution in [0.1, 0.15) is 0 Å². The van der Waals surface area contributed by atoms with Gasteiger partial charge in [-0.25, -0.2) is 0 Å². The van der Waals surface area contributed by atoms with Crippen LogP contribution in [-0.4, -0.2) is 57.4 Å². The summed E-state index contributed by atoms with van der Waals surface area (Å²) < 4.78 is 9.71. The van der Waals surface area contributed by atoms with Gasteiger partial charge in [0.25, 0.3) is 5.56 Å². The number of H-pyrrole nitrogens is 1. The number of nitrogens with one attached hydrogen (secondary N) is 1.